The van der Waals surface area contributed by atoms with E-state index >= 15 is 0 Å². The molecule has 0 saturated carbocycles. The zero-order chi connectivity index (χ0) is 23.3. The summed E-state index contributed by atoms with van der Waals surface area (Å²) in [5.74, 6) is 1.31. The Labute approximate surface area is 194 Å². The van der Waals surface area contributed by atoms with E-state index in [0.717, 1.165) is 23.6 Å². The number of rotatable bonds is 12. The van der Waals surface area contributed by atoms with Crippen LogP contribution < -0.4 is 25.4 Å². The molecule has 3 rings (SSSR count). The number of para-hydroxylation sites is 1. The number of amides is 2. The summed E-state index contributed by atoms with van der Waals surface area (Å²) in [6.07, 6.45) is 1.25. The third-order valence-electron chi connectivity index (χ3n) is 4.58. The van der Waals surface area contributed by atoms with E-state index in [4.69, 9.17) is 9.47 Å². The number of nitrogens with one attached hydrogen (secondary N) is 3. The fraction of sp³-hybridized carbons (Fsp3) is 0.231. The van der Waals surface area contributed by atoms with Crippen molar-refractivity contribution in [1.29, 1.82) is 0 Å². The Morgan fingerprint density at radius 1 is 0.697 bits per heavy atom. The summed E-state index contributed by atoms with van der Waals surface area (Å²) >= 11 is 0. The van der Waals surface area contributed by atoms with Crippen LogP contribution >= 0.6 is 0 Å². The third kappa shape index (κ3) is 8.57. The molecule has 0 aromatic heterocycles. The second-order valence-electron chi connectivity index (χ2n) is 7.32. The molecule has 0 aliphatic heterocycles. The number of hydrogen-bond acceptors (Lipinski definition) is 5. The van der Waals surface area contributed by atoms with Crippen molar-refractivity contribution < 1.29 is 19.1 Å². The van der Waals surface area contributed by atoms with Gasteiger partial charge in [-0.05, 0) is 61.0 Å². The molecule has 0 saturated heterocycles. The first-order chi connectivity index (χ1) is 16.1. The lowest BCUT2D eigenvalue weighted by Gasteiger charge is -2.11. The number of carbonyl (C=O) groups is 2. The van der Waals surface area contributed by atoms with Crippen molar-refractivity contribution in [2.45, 2.75) is 19.8 Å². The van der Waals surface area contributed by atoms with Crippen molar-refractivity contribution in [1.82, 2.24) is 0 Å². The van der Waals surface area contributed by atoms with Gasteiger partial charge >= 0.3 is 0 Å². The first-order valence-electron chi connectivity index (χ1n) is 11.0. The van der Waals surface area contributed by atoms with Crippen LogP contribution in [0, 0.1) is 0 Å². The van der Waals surface area contributed by atoms with E-state index in [2.05, 4.69) is 16.0 Å². The minimum Gasteiger partial charge on any atom is -0.490 e. The summed E-state index contributed by atoms with van der Waals surface area (Å²) < 4.78 is 11.3. The van der Waals surface area contributed by atoms with E-state index in [0.29, 0.717) is 31.0 Å². The SMILES string of the molecule is CCCC(=O)Nc1cccc(NC(=O)CNc2ccc(OCCOc3ccccc3)cc2)c1. The Morgan fingerprint density at radius 3 is 1.94 bits per heavy atom. The lowest BCUT2D eigenvalue weighted by Crippen LogP contribution is -2.21. The maximum absolute atomic E-state index is 12.3. The molecule has 0 bridgehead atoms. The molecule has 3 aromatic rings. The van der Waals surface area contributed by atoms with Crippen LogP contribution in [0.25, 0.3) is 0 Å². The molecule has 7 heteroatoms. The zero-order valence-electron chi connectivity index (χ0n) is 18.7. The van der Waals surface area contributed by atoms with E-state index in [1.807, 2.05) is 61.5 Å². The second-order valence-corrected chi connectivity index (χ2v) is 7.32. The van der Waals surface area contributed by atoms with E-state index in [1.165, 1.54) is 0 Å². The fourth-order valence-electron chi connectivity index (χ4n) is 3.02. The molecule has 7 nitrogen and oxygen atoms in total. The number of ether oxygens (including phenoxy) is 2. The minimum absolute atomic E-state index is 0.0428. The quantitative estimate of drug-likeness (QED) is 0.343. The highest BCUT2D eigenvalue weighted by atomic mass is 16.5. The monoisotopic (exact) mass is 447 g/mol. The molecule has 0 heterocycles. The molecule has 0 fully saturated rings. The largest absolute Gasteiger partial charge is 0.490 e. The van der Waals surface area contributed by atoms with Crippen LogP contribution in [0.3, 0.4) is 0 Å². The van der Waals surface area contributed by atoms with E-state index in [1.54, 1.807) is 24.3 Å². The van der Waals surface area contributed by atoms with Gasteiger partial charge in [0.15, 0.2) is 0 Å². The molecule has 172 valence electrons. The number of hydrogen-bond donors (Lipinski definition) is 3. The molecule has 3 N–H and O–H groups in total. The van der Waals surface area contributed by atoms with Crippen molar-refractivity contribution >= 4 is 28.9 Å². The van der Waals surface area contributed by atoms with Crippen molar-refractivity contribution in [3.8, 4) is 11.5 Å². The molecule has 3 aromatic carbocycles. The molecular formula is C26H29N3O4. The first-order valence-corrected chi connectivity index (χ1v) is 11.0. The Morgan fingerprint density at radius 2 is 1.30 bits per heavy atom. The van der Waals surface area contributed by atoms with Crippen LogP contribution in [0.5, 0.6) is 11.5 Å². The molecule has 0 radical (unpaired) electrons. The van der Waals surface area contributed by atoms with Crippen LogP contribution in [-0.2, 0) is 9.59 Å². The van der Waals surface area contributed by atoms with Gasteiger partial charge in [0, 0.05) is 23.5 Å². The van der Waals surface area contributed by atoms with Crippen LogP contribution in [0.2, 0.25) is 0 Å². The summed E-state index contributed by atoms with van der Waals surface area (Å²) in [5, 5.41) is 8.73. The molecular weight excluding hydrogens is 418 g/mol. The average Bonchev–Trinajstić information content (AvgIpc) is 2.82. The van der Waals surface area contributed by atoms with Gasteiger partial charge in [0.05, 0.1) is 6.54 Å². The van der Waals surface area contributed by atoms with Gasteiger partial charge in [-0.25, -0.2) is 0 Å². The lowest BCUT2D eigenvalue weighted by molar-refractivity contribution is -0.116. The standard InChI is InChI=1S/C26H29N3O4/c1-2-7-25(30)28-21-8-6-9-22(18-21)29-26(31)19-27-20-12-14-24(15-13-20)33-17-16-32-23-10-4-3-5-11-23/h3-6,8-15,18,27H,2,7,16-17,19H2,1H3,(H,28,30)(H,29,31). The number of carbonyl (C=O) groups excluding carboxylic acids is 2. The van der Waals surface area contributed by atoms with Crippen molar-refractivity contribution in [2.24, 2.45) is 0 Å². The molecule has 33 heavy (non-hydrogen) atoms. The molecule has 0 unspecified atom stereocenters. The van der Waals surface area contributed by atoms with Gasteiger partial charge in [-0.3, -0.25) is 9.59 Å². The molecule has 0 aliphatic carbocycles. The predicted octanol–water partition coefficient (Wildman–Crippen LogP) is 4.93. The zero-order valence-corrected chi connectivity index (χ0v) is 18.7. The van der Waals surface area contributed by atoms with Crippen molar-refractivity contribution in [3.63, 3.8) is 0 Å². The van der Waals surface area contributed by atoms with Gasteiger partial charge in [-0.15, -0.1) is 0 Å². The minimum atomic E-state index is -0.189. The van der Waals surface area contributed by atoms with Gasteiger partial charge in [-0.2, -0.15) is 0 Å². The maximum Gasteiger partial charge on any atom is 0.243 e. The average molecular weight is 448 g/mol. The van der Waals surface area contributed by atoms with E-state index < -0.39 is 0 Å². The second kappa shape index (κ2) is 12.8. The summed E-state index contributed by atoms with van der Waals surface area (Å²) in [5.41, 5.74) is 2.08. The van der Waals surface area contributed by atoms with Crippen LogP contribution in [0.1, 0.15) is 19.8 Å². The Balaban J connectivity index is 1.38. The topological polar surface area (TPSA) is 88.7 Å². The fourth-order valence-corrected chi connectivity index (χ4v) is 3.02. The number of anilines is 3. The van der Waals surface area contributed by atoms with Crippen LogP contribution in [-0.4, -0.2) is 31.6 Å². The summed E-state index contributed by atoms with van der Waals surface area (Å²) in [4.78, 5) is 24.0. The predicted molar refractivity (Wildman–Crippen MR) is 131 cm³/mol. The molecule has 0 atom stereocenters. The van der Waals surface area contributed by atoms with E-state index in [9.17, 15) is 9.59 Å². The smallest absolute Gasteiger partial charge is 0.243 e. The molecule has 2 amide bonds. The molecule has 0 spiro atoms. The Kier molecular flexibility index (Phi) is 9.15. The van der Waals surface area contributed by atoms with Crippen LogP contribution in [0.15, 0.2) is 78.9 Å². The maximum atomic E-state index is 12.3. The first kappa shape index (κ1) is 23.7. The van der Waals surface area contributed by atoms with E-state index in [-0.39, 0.29) is 18.4 Å². The van der Waals surface area contributed by atoms with Crippen molar-refractivity contribution in [3.05, 3.63) is 78.9 Å². The van der Waals surface area contributed by atoms with Gasteiger partial charge < -0.3 is 25.4 Å². The van der Waals surface area contributed by atoms with Gasteiger partial charge in [-0.1, -0.05) is 31.2 Å². The normalized spacial score (nSPS) is 10.2. The van der Waals surface area contributed by atoms with Gasteiger partial charge in [0.25, 0.3) is 0 Å². The Bertz CT molecular complexity index is 1020. The summed E-state index contributed by atoms with van der Waals surface area (Å²) in [6, 6.07) is 24.1. The third-order valence-corrected chi connectivity index (χ3v) is 4.58. The van der Waals surface area contributed by atoms with Crippen LogP contribution in [0.4, 0.5) is 17.1 Å². The highest BCUT2D eigenvalue weighted by Gasteiger charge is 2.05. The van der Waals surface area contributed by atoms with Crippen molar-refractivity contribution in [2.75, 3.05) is 35.7 Å². The highest BCUT2D eigenvalue weighted by molar-refractivity contribution is 5.95. The summed E-state index contributed by atoms with van der Waals surface area (Å²) in [7, 11) is 0. The van der Waals surface area contributed by atoms with Gasteiger partial charge in [0.2, 0.25) is 11.8 Å². The van der Waals surface area contributed by atoms with Gasteiger partial charge in [0.1, 0.15) is 24.7 Å². The number of benzene rings is 3. The lowest BCUT2D eigenvalue weighted by atomic mass is 10.2. The Hall–Kier alpha value is -4.00. The highest BCUT2D eigenvalue weighted by Crippen LogP contribution is 2.17. The summed E-state index contributed by atoms with van der Waals surface area (Å²) in [6.45, 7) is 2.94. The molecule has 0 aliphatic rings.